The van der Waals surface area contributed by atoms with E-state index in [1.165, 1.54) is 29.8 Å². The highest BCUT2D eigenvalue weighted by Crippen LogP contribution is 2.65. The predicted octanol–water partition coefficient (Wildman–Crippen LogP) is 6.99. The van der Waals surface area contributed by atoms with E-state index in [9.17, 15) is 18.8 Å². The molecule has 274 valence electrons. The van der Waals surface area contributed by atoms with Gasteiger partial charge in [-0.25, -0.2) is 9.18 Å². The van der Waals surface area contributed by atoms with Gasteiger partial charge in [-0.3, -0.25) is 9.59 Å². The van der Waals surface area contributed by atoms with Gasteiger partial charge in [0.25, 0.3) is 5.91 Å². The Balaban J connectivity index is 0.845. The highest BCUT2D eigenvalue weighted by Gasteiger charge is 2.70. The summed E-state index contributed by atoms with van der Waals surface area (Å²) in [4.78, 5) is 52.6. The largest absolute Gasteiger partial charge is 0.415 e. The number of rotatable bonds is 8. The zero-order valence-electron chi connectivity index (χ0n) is 29.5. The first kappa shape index (κ1) is 34.5. The van der Waals surface area contributed by atoms with Crippen molar-refractivity contribution >= 4 is 17.9 Å². The van der Waals surface area contributed by atoms with Crippen molar-refractivity contribution in [2.75, 3.05) is 19.6 Å². The molecule has 2 N–H and O–H groups in total. The molecule has 4 bridgehead atoms. The van der Waals surface area contributed by atoms with Crippen LogP contribution in [0.3, 0.4) is 0 Å². The van der Waals surface area contributed by atoms with E-state index in [2.05, 4.69) is 29.7 Å². The lowest BCUT2D eigenvalue weighted by molar-refractivity contribution is -0.391. The number of halogens is 1. The molecule has 11 heteroatoms. The second-order valence-corrected chi connectivity index (χ2v) is 16.3. The third-order valence-corrected chi connectivity index (χ3v) is 12.6. The number of nitrogens with zero attached hydrogens (tertiary/aromatic N) is 1. The molecule has 0 aromatic heterocycles. The minimum atomic E-state index is -0.802. The molecule has 2 spiro atoms. The zero-order valence-corrected chi connectivity index (χ0v) is 29.5. The summed E-state index contributed by atoms with van der Waals surface area (Å²) in [5.41, 5.74) is 1.30. The molecule has 4 atom stereocenters. The number of benzene rings is 2. The molecule has 2 heterocycles. The molecule has 2 saturated heterocycles. The van der Waals surface area contributed by atoms with E-state index in [4.69, 9.17) is 19.2 Å². The van der Waals surface area contributed by atoms with Crippen LogP contribution in [-0.4, -0.2) is 59.6 Å². The number of piperidine rings is 1. The summed E-state index contributed by atoms with van der Waals surface area (Å²) in [5, 5.41) is 6.24. The lowest BCUT2D eigenvalue weighted by Crippen LogP contribution is -2.69. The number of nitrogens with one attached hydrogen (secondary N) is 2. The van der Waals surface area contributed by atoms with Gasteiger partial charge in [0.1, 0.15) is 11.6 Å². The van der Waals surface area contributed by atoms with E-state index in [0.717, 1.165) is 77.3 Å². The third-order valence-electron chi connectivity index (χ3n) is 12.6. The number of ether oxygens (including phenoxy) is 2. The Kier molecular flexibility index (Phi) is 9.34. The fourth-order valence-corrected chi connectivity index (χ4v) is 10.2. The van der Waals surface area contributed by atoms with E-state index in [1.807, 2.05) is 12.1 Å². The molecule has 7 fully saturated rings. The Hall–Kier alpha value is -3.54. The van der Waals surface area contributed by atoms with Crippen LogP contribution in [-0.2, 0) is 19.3 Å². The highest BCUT2D eigenvalue weighted by molar-refractivity contribution is 5.94. The Bertz CT molecular complexity index is 1590. The van der Waals surface area contributed by atoms with Crippen molar-refractivity contribution in [2.45, 2.75) is 113 Å². The highest BCUT2D eigenvalue weighted by atomic mass is 18.2. The van der Waals surface area contributed by atoms with Gasteiger partial charge in [-0.05, 0) is 124 Å². The Morgan fingerprint density at radius 1 is 0.922 bits per heavy atom. The minimum Gasteiger partial charge on any atom is -0.410 e. The first-order valence-corrected chi connectivity index (χ1v) is 19.1. The van der Waals surface area contributed by atoms with E-state index >= 15 is 0 Å². The molecule has 2 aliphatic heterocycles. The Morgan fingerprint density at radius 2 is 1.65 bits per heavy atom. The number of likely N-dealkylation sites (tertiary alicyclic amines) is 1. The summed E-state index contributed by atoms with van der Waals surface area (Å²) in [5.74, 6) is -0.0338. The summed E-state index contributed by atoms with van der Waals surface area (Å²) in [6, 6.07) is 13.3. The maximum atomic E-state index is 13.2. The first-order chi connectivity index (χ1) is 24.6. The average Bonchev–Trinajstić information content (AvgIpc) is 3.48. The van der Waals surface area contributed by atoms with E-state index in [-0.39, 0.29) is 47.0 Å². The lowest BCUT2D eigenvalue weighted by atomic mass is 9.50. The van der Waals surface area contributed by atoms with Gasteiger partial charge in [0, 0.05) is 61.8 Å². The van der Waals surface area contributed by atoms with Crippen LogP contribution in [0, 0.1) is 29.5 Å². The summed E-state index contributed by atoms with van der Waals surface area (Å²) in [6.07, 6.45) is 10.6. The summed E-state index contributed by atoms with van der Waals surface area (Å²) in [7, 11) is 0. The van der Waals surface area contributed by atoms with Crippen LogP contribution >= 0.6 is 0 Å². The minimum absolute atomic E-state index is 0.0000424. The Morgan fingerprint density at radius 3 is 2.37 bits per heavy atom. The molecular formula is C40H50FN3O7. The molecule has 51 heavy (non-hydrogen) atoms. The van der Waals surface area contributed by atoms with Crippen molar-refractivity contribution < 1.29 is 38.0 Å². The van der Waals surface area contributed by atoms with Crippen LogP contribution in [0.5, 0.6) is 5.75 Å². The predicted molar refractivity (Wildman–Crippen MR) is 185 cm³/mol. The molecule has 2 aromatic rings. The summed E-state index contributed by atoms with van der Waals surface area (Å²) in [6.45, 7) is 4.08. The van der Waals surface area contributed by atoms with E-state index < -0.39 is 11.6 Å². The fraction of sp³-hybridized carbons (Fsp3) is 0.625. The Labute approximate surface area is 299 Å². The molecule has 10 nitrogen and oxygen atoms in total. The molecule has 3 amide bonds. The van der Waals surface area contributed by atoms with Crippen molar-refractivity contribution in [3.05, 3.63) is 65.5 Å². The second kappa shape index (κ2) is 13.8. The standard InChI is InChI=1S/C40H50FN3O7/c1-26-14-18-44(19-15-26)37(47)48-34-12-8-28(9-13-34)30-4-2-16-39(23-30)49-40(51-50-39)31-20-27-21-32(40)25-38(22-27,24-31)43-35(45)5-3-17-42-36(46)29-6-10-33(41)11-7-29/h6-13,26-27,30-32H,2-5,14-25H2,1H3,(H,42,46)(H,43,45)/t27?,30-,31?,32?,38?,39-,40?/m1/s1/i41-1. The summed E-state index contributed by atoms with van der Waals surface area (Å²) < 4.78 is 25.9. The van der Waals surface area contributed by atoms with Crippen molar-refractivity contribution in [1.29, 1.82) is 0 Å². The van der Waals surface area contributed by atoms with Crippen LogP contribution in [0.2, 0.25) is 0 Å². The molecule has 9 rings (SSSR count). The van der Waals surface area contributed by atoms with Gasteiger partial charge in [-0.1, -0.05) is 19.1 Å². The van der Waals surface area contributed by atoms with Crippen LogP contribution < -0.4 is 15.4 Å². The summed E-state index contributed by atoms with van der Waals surface area (Å²) >= 11 is 0. The van der Waals surface area contributed by atoms with Crippen LogP contribution in [0.25, 0.3) is 0 Å². The van der Waals surface area contributed by atoms with E-state index in [1.54, 1.807) is 4.90 Å². The van der Waals surface area contributed by atoms with Gasteiger partial charge in [0.05, 0.1) is 0 Å². The number of carbonyl (C=O) groups is 3. The average molecular weight is 703 g/mol. The fourth-order valence-electron chi connectivity index (χ4n) is 10.2. The smallest absolute Gasteiger partial charge is 0.410 e. The molecule has 0 radical (unpaired) electrons. The molecule has 2 unspecified atom stereocenters. The van der Waals surface area contributed by atoms with Gasteiger partial charge in [0.15, 0.2) is 0 Å². The SMILES string of the molecule is CC1CCN(C(=O)Oc2ccc([C@@H]3CCC[C@]4(C3)OOC3(O4)C4CC5CC3CC(NC(=O)CCCNC(=O)c3ccc([18F])cc3)(C5)C4)cc2)CC1. The van der Waals surface area contributed by atoms with Gasteiger partial charge in [-0.2, -0.15) is 9.78 Å². The second-order valence-electron chi connectivity index (χ2n) is 16.3. The van der Waals surface area contributed by atoms with Gasteiger partial charge >= 0.3 is 6.09 Å². The number of hydrogen-bond donors (Lipinski definition) is 2. The van der Waals surface area contributed by atoms with Crippen LogP contribution in [0.4, 0.5) is 9.18 Å². The van der Waals surface area contributed by atoms with Crippen LogP contribution in [0.1, 0.15) is 112 Å². The van der Waals surface area contributed by atoms with Gasteiger partial charge in [-0.15, -0.1) is 0 Å². The number of hydrogen-bond acceptors (Lipinski definition) is 7. The molecule has 5 saturated carbocycles. The monoisotopic (exact) mass is 702 g/mol. The zero-order chi connectivity index (χ0) is 35.2. The van der Waals surface area contributed by atoms with Gasteiger partial charge < -0.3 is 25.0 Å². The number of amides is 3. The third kappa shape index (κ3) is 7.01. The van der Waals surface area contributed by atoms with Gasteiger partial charge in [0.2, 0.25) is 17.5 Å². The topological polar surface area (TPSA) is 115 Å². The van der Waals surface area contributed by atoms with E-state index in [0.29, 0.717) is 49.0 Å². The normalized spacial score (nSPS) is 34.2. The maximum Gasteiger partial charge on any atom is 0.415 e. The van der Waals surface area contributed by atoms with Crippen molar-refractivity contribution in [3.8, 4) is 5.75 Å². The molecule has 5 aliphatic carbocycles. The number of carbonyl (C=O) groups excluding carboxylic acids is 3. The van der Waals surface area contributed by atoms with Crippen molar-refractivity contribution in [1.82, 2.24) is 15.5 Å². The van der Waals surface area contributed by atoms with Crippen molar-refractivity contribution in [3.63, 3.8) is 0 Å². The first-order valence-electron chi connectivity index (χ1n) is 19.1. The maximum absolute atomic E-state index is 13.2. The molecule has 7 aliphatic rings. The molecule has 2 aromatic carbocycles. The molecular weight excluding hydrogens is 652 g/mol. The quantitative estimate of drug-likeness (QED) is 0.225. The van der Waals surface area contributed by atoms with Crippen molar-refractivity contribution in [2.24, 2.45) is 23.7 Å². The van der Waals surface area contributed by atoms with Crippen LogP contribution in [0.15, 0.2) is 48.5 Å². The lowest BCUT2D eigenvalue weighted by Gasteiger charge is -2.62.